The van der Waals surface area contributed by atoms with Gasteiger partial charge in [-0.3, -0.25) is 9.36 Å². The molecule has 1 aliphatic heterocycles. The lowest BCUT2D eigenvalue weighted by molar-refractivity contribution is 0.00823. The number of rotatable bonds is 6. The van der Waals surface area contributed by atoms with Crippen LogP contribution in [0.5, 0.6) is 0 Å². The number of amides is 1. The fourth-order valence-corrected chi connectivity index (χ4v) is 2.98. The van der Waals surface area contributed by atoms with E-state index in [1.807, 2.05) is 4.90 Å². The molecule has 1 aliphatic rings. The van der Waals surface area contributed by atoms with Crippen LogP contribution in [0.3, 0.4) is 0 Å². The maximum Gasteiger partial charge on any atom is 0.272 e. The Balaban J connectivity index is 0.00000182. The van der Waals surface area contributed by atoms with Gasteiger partial charge in [-0.15, -0.1) is 24.8 Å². The summed E-state index contributed by atoms with van der Waals surface area (Å²) < 4.78 is 20.6. The van der Waals surface area contributed by atoms with Crippen molar-refractivity contribution < 1.29 is 13.9 Å². The molecule has 0 saturated carbocycles. The molecule has 0 bridgehead atoms. The Kier molecular flexibility index (Phi) is 9.73. The van der Waals surface area contributed by atoms with Gasteiger partial charge in [0.15, 0.2) is 0 Å². The van der Waals surface area contributed by atoms with Crippen LogP contribution in [-0.2, 0) is 4.74 Å². The van der Waals surface area contributed by atoms with Gasteiger partial charge in [0.2, 0.25) is 0 Å². The largest absolute Gasteiger partial charge is 0.378 e. The zero-order chi connectivity index (χ0) is 17.6. The summed E-state index contributed by atoms with van der Waals surface area (Å²) in [5.41, 5.74) is 6.66. The predicted molar refractivity (Wildman–Crippen MR) is 107 cm³/mol. The Morgan fingerprint density at radius 3 is 2.52 bits per heavy atom. The highest BCUT2D eigenvalue weighted by molar-refractivity contribution is 5.93. The highest BCUT2D eigenvalue weighted by Crippen LogP contribution is 2.18. The molecule has 150 valence electrons. The van der Waals surface area contributed by atoms with Gasteiger partial charge in [0, 0.05) is 25.4 Å². The van der Waals surface area contributed by atoms with Crippen molar-refractivity contribution in [1.29, 1.82) is 0 Å². The number of imidazole rings is 1. The summed E-state index contributed by atoms with van der Waals surface area (Å²) in [4.78, 5) is 18.7. The molecule has 0 unspecified atom stereocenters. The Morgan fingerprint density at radius 2 is 1.89 bits per heavy atom. The second-order valence-electron chi connectivity index (χ2n) is 6.13. The van der Waals surface area contributed by atoms with E-state index in [0.717, 1.165) is 19.3 Å². The van der Waals surface area contributed by atoms with E-state index in [4.69, 9.17) is 10.5 Å². The first-order chi connectivity index (χ1) is 12.2. The number of hydrogen-bond donors (Lipinski definition) is 1. The molecule has 27 heavy (non-hydrogen) atoms. The van der Waals surface area contributed by atoms with E-state index in [9.17, 15) is 9.18 Å². The van der Waals surface area contributed by atoms with Crippen molar-refractivity contribution in [3.8, 4) is 5.69 Å². The normalized spacial score (nSPS) is 14.4. The third-order valence-electron chi connectivity index (χ3n) is 4.39. The summed E-state index contributed by atoms with van der Waals surface area (Å²) in [5.74, 6) is -0.379. The van der Waals surface area contributed by atoms with Crippen LogP contribution in [0.1, 0.15) is 29.8 Å². The second-order valence-corrected chi connectivity index (χ2v) is 6.13. The van der Waals surface area contributed by atoms with E-state index in [0.29, 0.717) is 37.6 Å². The Hall–Kier alpha value is -1.67. The molecule has 2 aromatic rings. The number of likely N-dealkylation sites (tertiary alicyclic amines) is 1. The summed E-state index contributed by atoms with van der Waals surface area (Å²) in [6, 6.07) is 6.00. The van der Waals surface area contributed by atoms with Gasteiger partial charge in [0.25, 0.3) is 5.91 Å². The van der Waals surface area contributed by atoms with E-state index >= 15 is 0 Å². The average molecular weight is 419 g/mol. The van der Waals surface area contributed by atoms with Gasteiger partial charge >= 0.3 is 0 Å². The molecule has 1 aromatic carbocycles. The van der Waals surface area contributed by atoms with Gasteiger partial charge in [-0.2, -0.15) is 0 Å². The van der Waals surface area contributed by atoms with Crippen LogP contribution in [0.25, 0.3) is 5.69 Å². The van der Waals surface area contributed by atoms with Crippen LogP contribution in [0.15, 0.2) is 36.8 Å². The van der Waals surface area contributed by atoms with Crippen molar-refractivity contribution in [3.63, 3.8) is 0 Å². The van der Waals surface area contributed by atoms with Gasteiger partial charge in [0.1, 0.15) is 11.5 Å². The highest BCUT2D eigenvalue weighted by atomic mass is 35.5. The molecule has 3 rings (SSSR count). The van der Waals surface area contributed by atoms with Crippen molar-refractivity contribution in [1.82, 2.24) is 14.5 Å². The summed E-state index contributed by atoms with van der Waals surface area (Å²) >= 11 is 0. The number of benzene rings is 1. The van der Waals surface area contributed by atoms with E-state index in [1.54, 1.807) is 29.2 Å². The number of carbonyl (C=O) groups is 1. The molecule has 0 atom stereocenters. The molecule has 0 aliphatic carbocycles. The molecular weight excluding hydrogens is 394 g/mol. The predicted octanol–water partition coefficient (Wildman–Crippen LogP) is 2.83. The van der Waals surface area contributed by atoms with Crippen molar-refractivity contribution in [3.05, 3.63) is 48.3 Å². The standard InChI is InChI=1S/C18H23FN4O2.2ClH/c19-14-2-4-15(5-3-14)23-13-21-12-17(23)18(24)22-9-6-16(7-10-22)25-11-1-8-20;;/h2-5,12-13,16H,1,6-11,20H2;2*1H. The lowest BCUT2D eigenvalue weighted by Crippen LogP contribution is -2.41. The second kappa shape index (κ2) is 11.2. The van der Waals surface area contributed by atoms with E-state index in [1.165, 1.54) is 12.1 Å². The number of hydrogen-bond acceptors (Lipinski definition) is 4. The minimum atomic E-state index is -0.312. The number of piperidine rings is 1. The fraction of sp³-hybridized carbons (Fsp3) is 0.444. The van der Waals surface area contributed by atoms with Gasteiger partial charge in [0.05, 0.1) is 18.6 Å². The summed E-state index contributed by atoms with van der Waals surface area (Å²) in [6.07, 6.45) is 5.81. The highest BCUT2D eigenvalue weighted by Gasteiger charge is 2.26. The Labute approximate surface area is 170 Å². The van der Waals surface area contributed by atoms with Gasteiger partial charge in [-0.25, -0.2) is 9.37 Å². The van der Waals surface area contributed by atoms with Crippen LogP contribution < -0.4 is 5.73 Å². The van der Waals surface area contributed by atoms with Gasteiger partial charge < -0.3 is 15.4 Å². The lowest BCUT2D eigenvalue weighted by Gasteiger charge is -2.32. The Morgan fingerprint density at radius 1 is 1.22 bits per heavy atom. The number of nitrogens with zero attached hydrogens (tertiary/aromatic N) is 3. The van der Waals surface area contributed by atoms with Crippen molar-refractivity contribution >= 4 is 30.7 Å². The third kappa shape index (κ3) is 5.90. The first-order valence-corrected chi connectivity index (χ1v) is 8.58. The minimum Gasteiger partial charge on any atom is -0.378 e. The zero-order valence-electron chi connectivity index (χ0n) is 14.9. The van der Waals surface area contributed by atoms with Crippen LogP contribution in [0.2, 0.25) is 0 Å². The first kappa shape index (κ1) is 23.4. The molecular formula is C18H25Cl2FN4O2. The minimum absolute atomic E-state index is 0. The summed E-state index contributed by atoms with van der Waals surface area (Å²) in [6.45, 7) is 2.61. The summed E-state index contributed by atoms with van der Waals surface area (Å²) in [5, 5.41) is 0. The van der Waals surface area contributed by atoms with Crippen molar-refractivity contribution in [2.75, 3.05) is 26.2 Å². The number of aromatic nitrogens is 2. The van der Waals surface area contributed by atoms with Crippen molar-refractivity contribution in [2.24, 2.45) is 5.73 Å². The molecule has 1 amide bonds. The molecule has 1 fully saturated rings. The number of carbonyl (C=O) groups excluding carboxylic acids is 1. The van der Waals surface area contributed by atoms with E-state index in [-0.39, 0.29) is 42.6 Å². The quantitative estimate of drug-likeness (QED) is 0.731. The molecule has 1 aromatic heterocycles. The molecule has 0 radical (unpaired) electrons. The maximum absolute atomic E-state index is 13.1. The van der Waals surface area contributed by atoms with Crippen LogP contribution in [-0.4, -0.2) is 52.7 Å². The number of ether oxygens (including phenoxy) is 1. The third-order valence-corrected chi connectivity index (χ3v) is 4.39. The van der Waals surface area contributed by atoms with Crippen LogP contribution >= 0.6 is 24.8 Å². The Bertz CT molecular complexity index is 704. The molecule has 1 saturated heterocycles. The maximum atomic E-state index is 13.1. The number of halogens is 3. The van der Waals surface area contributed by atoms with E-state index < -0.39 is 0 Å². The van der Waals surface area contributed by atoms with Gasteiger partial charge in [-0.05, 0) is 50.1 Å². The molecule has 2 heterocycles. The molecule has 2 N–H and O–H groups in total. The average Bonchev–Trinajstić information content (AvgIpc) is 3.12. The molecule has 6 nitrogen and oxygen atoms in total. The van der Waals surface area contributed by atoms with E-state index in [2.05, 4.69) is 4.98 Å². The molecule has 9 heteroatoms. The van der Waals surface area contributed by atoms with Crippen molar-refractivity contribution in [2.45, 2.75) is 25.4 Å². The summed E-state index contributed by atoms with van der Waals surface area (Å²) in [7, 11) is 0. The SMILES string of the molecule is Cl.Cl.NCCCOC1CCN(C(=O)c2cncn2-c2ccc(F)cc2)CC1. The smallest absolute Gasteiger partial charge is 0.272 e. The first-order valence-electron chi connectivity index (χ1n) is 8.58. The lowest BCUT2D eigenvalue weighted by atomic mass is 10.1. The van der Waals surface area contributed by atoms with Crippen LogP contribution in [0.4, 0.5) is 4.39 Å². The topological polar surface area (TPSA) is 73.4 Å². The van der Waals surface area contributed by atoms with Crippen LogP contribution in [0, 0.1) is 5.82 Å². The van der Waals surface area contributed by atoms with Gasteiger partial charge in [-0.1, -0.05) is 0 Å². The molecule has 0 spiro atoms. The fourth-order valence-electron chi connectivity index (χ4n) is 2.98. The zero-order valence-corrected chi connectivity index (χ0v) is 16.6. The monoisotopic (exact) mass is 418 g/mol. The number of nitrogens with two attached hydrogens (primary N) is 1.